The van der Waals surface area contributed by atoms with Gasteiger partial charge in [0.15, 0.2) is 5.17 Å². The Bertz CT molecular complexity index is 251. The van der Waals surface area contributed by atoms with Crippen molar-refractivity contribution in [1.82, 2.24) is 4.90 Å². The highest BCUT2D eigenvalue weighted by Crippen LogP contribution is 2.15. The minimum absolute atomic E-state index is 0.204. The summed E-state index contributed by atoms with van der Waals surface area (Å²) in [5, 5.41) is 9.31. The number of hydrogen-bond acceptors (Lipinski definition) is 4. The zero-order chi connectivity index (χ0) is 10.6. The van der Waals surface area contributed by atoms with Crippen LogP contribution in [-0.2, 0) is 4.74 Å². The van der Waals surface area contributed by atoms with Gasteiger partial charge in [-0.25, -0.2) is 0 Å². The van der Waals surface area contributed by atoms with Crippen LogP contribution in [0.1, 0.15) is 13.8 Å². The van der Waals surface area contributed by atoms with Gasteiger partial charge in [0.2, 0.25) is 6.19 Å². The number of nitrogens with zero attached hydrogens (tertiary/aromatic N) is 3. The molecule has 0 spiro atoms. The molecular weight excluding hydrogens is 198 g/mol. The zero-order valence-electron chi connectivity index (χ0n) is 8.73. The van der Waals surface area contributed by atoms with E-state index in [1.165, 1.54) is 11.8 Å². The van der Waals surface area contributed by atoms with Gasteiger partial charge in [0.1, 0.15) is 0 Å². The van der Waals surface area contributed by atoms with E-state index in [9.17, 15) is 0 Å². The summed E-state index contributed by atoms with van der Waals surface area (Å²) in [6.07, 6.45) is 4.17. The fraction of sp³-hybridized carbons (Fsp3) is 0.778. The molecule has 78 valence electrons. The third-order valence-electron chi connectivity index (χ3n) is 2.02. The lowest BCUT2D eigenvalue weighted by atomic mass is 10.2. The maximum atomic E-state index is 8.52. The summed E-state index contributed by atoms with van der Waals surface area (Å²) in [4.78, 5) is 5.89. The Morgan fingerprint density at radius 2 is 2.07 bits per heavy atom. The first kappa shape index (κ1) is 11.3. The molecule has 0 N–H and O–H groups in total. The predicted molar refractivity (Wildman–Crippen MR) is 58.1 cm³/mol. The molecule has 1 fully saturated rings. The highest BCUT2D eigenvalue weighted by atomic mass is 32.2. The van der Waals surface area contributed by atoms with E-state index >= 15 is 0 Å². The second-order valence-corrected chi connectivity index (χ2v) is 4.13. The Morgan fingerprint density at radius 1 is 1.50 bits per heavy atom. The smallest absolute Gasteiger partial charge is 0.208 e. The van der Waals surface area contributed by atoms with Crippen LogP contribution in [0.2, 0.25) is 0 Å². The largest absolute Gasteiger partial charge is 0.372 e. The predicted octanol–water partition coefficient (Wildman–Crippen LogP) is 1.30. The van der Waals surface area contributed by atoms with E-state index < -0.39 is 0 Å². The Balaban J connectivity index is 2.67. The third-order valence-corrected chi connectivity index (χ3v) is 2.73. The van der Waals surface area contributed by atoms with Crippen molar-refractivity contribution < 1.29 is 4.74 Å². The number of nitriles is 1. The maximum Gasteiger partial charge on any atom is 0.208 e. The Morgan fingerprint density at radius 3 is 2.50 bits per heavy atom. The van der Waals surface area contributed by atoms with Gasteiger partial charge in [-0.05, 0) is 20.1 Å². The Labute approximate surface area is 88.9 Å². The van der Waals surface area contributed by atoms with Gasteiger partial charge < -0.3 is 9.64 Å². The molecule has 1 heterocycles. The first-order valence-corrected chi connectivity index (χ1v) is 5.81. The molecule has 1 saturated heterocycles. The topological polar surface area (TPSA) is 48.6 Å². The van der Waals surface area contributed by atoms with Crippen LogP contribution in [0.15, 0.2) is 4.99 Å². The highest BCUT2D eigenvalue weighted by Gasteiger charge is 2.24. The summed E-state index contributed by atoms with van der Waals surface area (Å²) in [6.45, 7) is 5.69. The molecule has 2 atom stereocenters. The molecule has 0 unspecified atom stereocenters. The molecule has 0 aromatic rings. The van der Waals surface area contributed by atoms with Gasteiger partial charge >= 0.3 is 0 Å². The standard InChI is InChI=1S/C9H15N3OS/c1-7-4-12(5-8(2)13-7)9(14-3)11-6-10/h7-8H,4-5H2,1-3H3/t7-,8+. The van der Waals surface area contributed by atoms with Crippen molar-refractivity contribution in [1.29, 1.82) is 5.26 Å². The third kappa shape index (κ3) is 2.89. The van der Waals surface area contributed by atoms with Crippen LogP contribution in [-0.4, -0.2) is 41.6 Å². The van der Waals surface area contributed by atoms with Crippen molar-refractivity contribution in [3.05, 3.63) is 0 Å². The van der Waals surface area contributed by atoms with Gasteiger partial charge in [-0.2, -0.15) is 5.26 Å². The SMILES string of the molecule is CSC(=NC#N)N1C[C@@H](C)O[C@@H](C)C1. The van der Waals surface area contributed by atoms with E-state index in [1.54, 1.807) is 0 Å². The first-order chi connectivity index (χ1) is 6.67. The summed E-state index contributed by atoms with van der Waals surface area (Å²) in [5.74, 6) is 0. The number of thioether (sulfide) groups is 1. The molecule has 1 aliphatic rings. The summed E-state index contributed by atoms with van der Waals surface area (Å²) >= 11 is 1.50. The molecule has 5 heteroatoms. The molecule has 0 aliphatic carbocycles. The molecule has 0 amide bonds. The van der Waals surface area contributed by atoms with Crippen molar-refractivity contribution in [2.24, 2.45) is 4.99 Å². The molecule has 0 aromatic carbocycles. The van der Waals surface area contributed by atoms with Crippen molar-refractivity contribution in [3.63, 3.8) is 0 Å². The molecular formula is C9H15N3OS. The van der Waals surface area contributed by atoms with Crippen LogP contribution < -0.4 is 0 Å². The van der Waals surface area contributed by atoms with Gasteiger partial charge in [-0.1, -0.05) is 11.8 Å². The molecule has 0 bridgehead atoms. The average Bonchev–Trinajstić information content (AvgIpc) is 2.12. The molecule has 0 saturated carbocycles. The zero-order valence-corrected chi connectivity index (χ0v) is 9.54. The summed E-state index contributed by atoms with van der Waals surface area (Å²) in [7, 11) is 0. The van der Waals surface area contributed by atoms with E-state index in [-0.39, 0.29) is 12.2 Å². The van der Waals surface area contributed by atoms with Crippen LogP contribution in [0.25, 0.3) is 0 Å². The average molecular weight is 213 g/mol. The van der Waals surface area contributed by atoms with Gasteiger partial charge in [0, 0.05) is 13.1 Å². The Kier molecular flexibility index (Phi) is 4.23. The summed E-state index contributed by atoms with van der Waals surface area (Å²) in [6, 6.07) is 0. The van der Waals surface area contributed by atoms with Crippen molar-refractivity contribution in [2.45, 2.75) is 26.1 Å². The minimum atomic E-state index is 0.204. The summed E-state index contributed by atoms with van der Waals surface area (Å²) < 4.78 is 5.60. The van der Waals surface area contributed by atoms with Crippen LogP contribution in [0.5, 0.6) is 0 Å². The molecule has 1 aliphatic heterocycles. The lowest BCUT2D eigenvalue weighted by Gasteiger charge is -2.36. The number of rotatable bonds is 0. The highest BCUT2D eigenvalue weighted by molar-refractivity contribution is 8.13. The van der Waals surface area contributed by atoms with E-state index in [4.69, 9.17) is 10.00 Å². The second kappa shape index (κ2) is 5.23. The van der Waals surface area contributed by atoms with E-state index in [1.807, 2.05) is 26.3 Å². The van der Waals surface area contributed by atoms with Crippen LogP contribution in [0, 0.1) is 11.5 Å². The van der Waals surface area contributed by atoms with Crippen LogP contribution >= 0.6 is 11.8 Å². The number of morpholine rings is 1. The second-order valence-electron chi connectivity index (χ2n) is 3.36. The quantitative estimate of drug-likeness (QED) is 0.346. The first-order valence-electron chi connectivity index (χ1n) is 4.58. The number of aliphatic imine (C=N–C) groups is 1. The normalized spacial score (nSPS) is 28.7. The fourth-order valence-electron chi connectivity index (χ4n) is 1.62. The van der Waals surface area contributed by atoms with Crippen LogP contribution in [0.4, 0.5) is 0 Å². The van der Waals surface area contributed by atoms with Crippen LogP contribution in [0.3, 0.4) is 0 Å². The van der Waals surface area contributed by atoms with Gasteiger partial charge in [0.25, 0.3) is 0 Å². The van der Waals surface area contributed by atoms with Crippen molar-refractivity contribution >= 4 is 16.9 Å². The lowest BCUT2D eigenvalue weighted by molar-refractivity contribution is -0.0471. The number of hydrogen-bond donors (Lipinski definition) is 0. The number of amidine groups is 1. The van der Waals surface area contributed by atoms with Gasteiger partial charge in [0.05, 0.1) is 12.2 Å². The van der Waals surface area contributed by atoms with Crippen molar-refractivity contribution in [3.8, 4) is 6.19 Å². The van der Waals surface area contributed by atoms with E-state index in [0.29, 0.717) is 0 Å². The van der Waals surface area contributed by atoms with E-state index in [0.717, 1.165) is 18.3 Å². The molecule has 14 heavy (non-hydrogen) atoms. The summed E-state index contributed by atoms with van der Waals surface area (Å²) in [5.41, 5.74) is 0. The van der Waals surface area contributed by atoms with Crippen molar-refractivity contribution in [2.75, 3.05) is 19.3 Å². The fourth-order valence-corrected chi connectivity index (χ4v) is 2.16. The molecule has 1 rings (SSSR count). The van der Waals surface area contributed by atoms with E-state index in [2.05, 4.69) is 9.89 Å². The monoisotopic (exact) mass is 213 g/mol. The molecule has 4 nitrogen and oxygen atoms in total. The maximum absolute atomic E-state index is 8.52. The molecule has 0 radical (unpaired) electrons. The van der Waals surface area contributed by atoms with Gasteiger partial charge in [-0.3, -0.25) is 0 Å². The Hall–Kier alpha value is -0.730. The lowest BCUT2D eigenvalue weighted by Crippen LogP contribution is -2.47. The van der Waals surface area contributed by atoms with Gasteiger partial charge in [-0.15, -0.1) is 4.99 Å². The minimum Gasteiger partial charge on any atom is -0.372 e. The molecule has 0 aromatic heterocycles. The number of ether oxygens (including phenoxy) is 1.